The highest BCUT2D eigenvalue weighted by atomic mass is 32.1. The molecule has 0 radical (unpaired) electrons. The molecule has 5 rings (SSSR count). The predicted molar refractivity (Wildman–Crippen MR) is 144 cm³/mol. The molecule has 10 heteroatoms. The fraction of sp³-hybridized carbons (Fsp3) is 0.357. The van der Waals surface area contributed by atoms with Gasteiger partial charge in [-0.1, -0.05) is 24.3 Å². The molecule has 1 aliphatic heterocycles. The number of alkyl halides is 3. The lowest BCUT2D eigenvalue weighted by molar-refractivity contribution is -0.274. The van der Waals surface area contributed by atoms with E-state index in [1.54, 1.807) is 23.7 Å². The molecule has 0 atom stereocenters. The van der Waals surface area contributed by atoms with E-state index in [-0.39, 0.29) is 11.9 Å². The fourth-order valence-electron chi connectivity index (χ4n) is 4.69. The topological polar surface area (TPSA) is 59.5 Å². The van der Waals surface area contributed by atoms with Crippen molar-refractivity contribution in [2.75, 3.05) is 25.5 Å². The number of ether oxygens (including phenoxy) is 2. The van der Waals surface area contributed by atoms with Gasteiger partial charge in [-0.05, 0) is 76.5 Å². The van der Waals surface area contributed by atoms with Gasteiger partial charge in [-0.25, -0.2) is 9.97 Å². The quantitative estimate of drug-likeness (QED) is 0.260. The lowest BCUT2D eigenvalue weighted by Crippen LogP contribution is -2.29. The van der Waals surface area contributed by atoms with Crippen molar-refractivity contribution in [3.8, 4) is 22.6 Å². The Morgan fingerprint density at radius 3 is 2.55 bits per heavy atom. The smallest absolute Gasteiger partial charge is 0.489 e. The first-order valence-electron chi connectivity index (χ1n) is 12.5. The van der Waals surface area contributed by atoms with Gasteiger partial charge in [0.2, 0.25) is 5.95 Å². The Kier molecular flexibility index (Phi) is 7.45. The van der Waals surface area contributed by atoms with Gasteiger partial charge in [0.15, 0.2) is 0 Å². The first-order valence-corrected chi connectivity index (χ1v) is 13.4. The van der Waals surface area contributed by atoms with E-state index in [2.05, 4.69) is 44.1 Å². The zero-order valence-corrected chi connectivity index (χ0v) is 22.2. The molecule has 0 aliphatic carbocycles. The molecule has 0 unspecified atom stereocenters. The van der Waals surface area contributed by atoms with Gasteiger partial charge in [0, 0.05) is 16.5 Å². The standard InChI is InChI=1S/C28H29F3N4O2S/c1-17(2)36-24-14-19(18-10-12-35(3)13-11-18)8-9-22(24)33-27-32-15-25-26(34-27)21(16-38-25)20-6-4-5-7-23(20)37-28(29,30)31/h4-9,14-18H,10-13H2,1-3H3,(H,32,33,34). The molecule has 1 saturated heterocycles. The van der Waals surface area contributed by atoms with E-state index in [0.717, 1.165) is 42.1 Å². The van der Waals surface area contributed by atoms with Gasteiger partial charge in [-0.2, -0.15) is 0 Å². The first kappa shape index (κ1) is 26.2. The number of hydrogen-bond donors (Lipinski definition) is 1. The number of likely N-dealkylation sites (tertiary alicyclic amines) is 1. The number of fused-ring (bicyclic) bond motifs is 1. The molecule has 4 aromatic rings. The van der Waals surface area contributed by atoms with Crippen LogP contribution in [0.2, 0.25) is 0 Å². The van der Waals surface area contributed by atoms with Crippen molar-refractivity contribution in [1.82, 2.24) is 14.9 Å². The maximum absolute atomic E-state index is 13.0. The van der Waals surface area contributed by atoms with E-state index < -0.39 is 6.36 Å². The summed E-state index contributed by atoms with van der Waals surface area (Å²) in [6.07, 6.45) is -0.951. The number of rotatable bonds is 7. The van der Waals surface area contributed by atoms with Crippen molar-refractivity contribution in [3.63, 3.8) is 0 Å². The van der Waals surface area contributed by atoms with Crippen LogP contribution < -0.4 is 14.8 Å². The summed E-state index contributed by atoms with van der Waals surface area (Å²) < 4.78 is 50.2. The first-order chi connectivity index (χ1) is 18.2. The van der Waals surface area contributed by atoms with Gasteiger partial charge in [-0.15, -0.1) is 24.5 Å². The minimum atomic E-state index is -4.80. The van der Waals surface area contributed by atoms with E-state index >= 15 is 0 Å². The average Bonchev–Trinajstić information content (AvgIpc) is 3.28. The molecule has 1 fully saturated rings. The van der Waals surface area contributed by atoms with Crippen LogP contribution in [0, 0.1) is 0 Å². The number of nitrogens with zero attached hydrogens (tertiary/aromatic N) is 3. The number of piperidine rings is 1. The highest BCUT2D eigenvalue weighted by Gasteiger charge is 2.32. The van der Waals surface area contributed by atoms with Crippen molar-refractivity contribution < 1.29 is 22.6 Å². The number of halogens is 3. The summed E-state index contributed by atoms with van der Waals surface area (Å²) in [5.74, 6) is 1.25. The van der Waals surface area contributed by atoms with Crippen molar-refractivity contribution in [2.45, 2.75) is 45.1 Å². The Balaban J connectivity index is 1.47. The molecule has 3 heterocycles. The van der Waals surface area contributed by atoms with Gasteiger partial charge >= 0.3 is 6.36 Å². The Bertz CT molecular complexity index is 1410. The lowest BCUT2D eigenvalue weighted by Gasteiger charge is -2.29. The van der Waals surface area contributed by atoms with Crippen LogP contribution >= 0.6 is 11.3 Å². The van der Waals surface area contributed by atoms with Gasteiger partial charge in [-0.3, -0.25) is 0 Å². The molecule has 6 nitrogen and oxygen atoms in total. The average molecular weight is 543 g/mol. The maximum atomic E-state index is 13.0. The highest BCUT2D eigenvalue weighted by molar-refractivity contribution is 7.17. The molecule has 2 aromatic heterocycles. The number of aromatic nitrogens is 2. The third-order valence-electron chi connectivity index (χ3n) is 6.52. The zero-order valence-electron chi connectivity index (χ0n) is 21.4. The Hall–Kier alpha value is -3.37. The zero-order chi connectivity index (χ0) is 26.9. The van der Waals surface area contributed by atoms with Gasteiger partial charge < -0.3 is 19.7 Å². The summed E-state index contributed by atoms with van der Waals surface area (Å²) in [5.41, 5.74) is 3.38. The van der Waals surface area contributed by atoms with Crippen LogP contribution in [0.1, 0.15) is 38.2 Å². The molecular formula is C28H29F3N4O2S. The number of anilines is 2. The minimum Gasteiger partial charge on any atom is -0.489 e. The summed E-state index contributed by atoms with van der Waals surface area (Å²) in [6.45, 7) is 6.09. The van der Waals surface area contributed by atoms with E-state index in [1.807, 2.05) is 19.9 Å². The van der Waals surface area contributed by atoms with Crippen molar-refractivity contribution >= 4 is 33.2 Å². The van der Waals surface area contributed by atoms with E-state index in [1.165, 1.54) is 29.0 Å². The molecule has 200 valence electrons. The number of para-hydroxylation sites is 1. The number of thiophene rings is 1. The minimum absolute atomic E-state index is 0.0275. The summed E-state index contributed by atoms with van der Waals surface area (Å²) in [4.78, 5) is 11.5. The second-order valence-corrected chi connectivity index (χ2v) is 10.6. The van der Waals surface area contributed by atoms with Crippen LogP contribution in [0.3, 0.4) is 0 Å². The van der Waals surface area contributed by atoms with Gasteiger partial charge in [0.25, 0.3) is 0 Å². The van der Waals surface area contributed by atoms with Crippen LogP contribution in [0.15, 0.2) is 54.0 Å². The molecule has 1 N–H and O–H groups in total. The number of hydrogen-bond acceptors (Lipinski definition) is 7. The van der Waals surface area contributed by atoms with Crippen LogP contribution in [0.25, 0.3) is 21.3 Å². The predicted octanol–water partition coefficient (Wildman–Crippen LogP) is 7.60. The number of benzene rings is 2. The van der Waals surface area contributed by atoms with Crippen LogP contribution in [0.4, 0.5) is 24.8 Å². The Morgan fingerprint density at radius 1 is 1.05 bits per heavy atom. The van der Waals surface area contributed by atoms with E-state index in [0.29, 0.717) is 28.5 Å². The number of nitrogens with one attached hydrogen (secondary N) is 1. The summed E-state index contributed by atoms with van der Waals surface area (Å²) in [5, 5.41) is 5.04. The monoisotopic (exact) mass is 542 g/mol. The van der Waals surface area contributed by atoms with Crippen molar-refractivity contribution in [1.29, 1.82) is 0 Å². The Morgan fingerprint density at radius 2 is 1.82 bits per heavy atom. The molecule has 0 bridgehead atoms. The van der Waals surface area contributed by atoms with Crippen molar-refractivity contribution in [2.24, 2.45) is 0 Å². The van der Waals surface area contributed by atoms with Crippen LogP contribution in [-0.4, -0.2) is 47.5 Å². The van der Waals surface area contributed by atoms with Crippen LogP contribution in [-0.2, 0) is 0 Å². The normalized spacial score (nSPS) is 15.2. The molecule has 38 heavy (non-hydrogen) atoms. The third kappa shape index (κ3) is 6.02. The molecule has 0 saturated carbocycles. The SMILES string of the molecule is CC(C)Oc1cc(C2CCN(C)CC2)ccc1Nc1ncc2scc(-c3ccccc3OC(F)(F)F)c2n1. The largest absolute Gasteiger partial charge is 0.573 e. The van der Waals surface area contributed by atoms with Crippen molar-refractivity contribution in [3.05, 3.63) is 59.6 Å². The maximum Gasteiger partial charge on any atom is 0.573 e. The fourth-order valence-corrected chi connectivity index (χ4v) is 5.56. The molecule has 0 amide bonds. The lowest BCUT2D eigenvalue weighted by atomic mass is 9.89. The van der Waals surface area contributed by atoms with Gasteiger partial charge in [0.05, 0.1) is 28.2 Å². The molecular weight excluding hydrogens is 513 g/mol. The van der Waals surface area contributed by atoms with E-state index in [4.69, 9.17) is 4.74 Å². The molecule has 2 aromatic carbocycles. The summed E-state index contributed by atoms with van der Waals surface area (Å²) in [7, 11) is 2.15. The summed E-state index contributed by atoms with van der Waals surface area (Å²) >= 11 is 1.36. The highest BCUT2D eigenvalue weighted by Crippen LogP contribution is 2.40. The second kappa shape index (κ2) is 10.8. The van der Waals surface area contributed by atoms with Crippen LogP contribution in [0.5, 0.6) is 11.5 Å². The van der Waals surface area contributed by atoms with Gasteiger partial charge in [0.1, 0.15) is 11.5 Å². The Labute approximate surface area is 223 Å². The molecule has 0 spiro atoms. The second-order valence-electron chi connectivity index (χ2n) is 9.72. The molecule has 1 aliphatic rings. The summed E-state index contributed by atoms with van der Waals surface area (Å²) in [6, 6.07) is 12.3. The third-order valence-corrected chi connectivity index (χ3v) is 7.43. The van der Waals surface area contributed by atoms with E-state index in [9.17, 15) is 13.2 Å².